The lowest BCUT2D eigenvalue weighted by molar-refractivity contribution is -0.0561. The minimum Gasteiger partial charge on any atom is -0.375 e. The second-order valence-corrected chi connectivity index (χ2v) is 5.38. The standard InChI is InChI=1S/C15H22N2O/c1-2-4-13(5-3-1)11-17-8-9-18-15(12-17)14-6-7-16-10-14/h1-5,14-16H,6-12H2. The fourth-order valence-electron chi connectivity index (χ4n) is 3.00. The maximum atomic E-state index is 5.95. The van der Waals surface area contributed by atoms with Crippen molar-refractivity contribution >= 4 is 0 Å². The van der Waals surface area contributed by atoms with Crippen LogP contribution in [0.2, 0.25) is 0 Å². The van der Waals surface area contributed by atoms with Crippen LogP contribution in [-0.2, 0) is 11.3 Å². The Morgan fingerprint density at radius 1 is 1.28 bits per heavy atom. The number of ether oxygens (including phenoxy) is 1. The van der Waals surface area contributed by atoms with E-state index in [1.807, 2.05) is 0 Å². The number of benzene rings is 1. The summed E-state index contributed by atoms with van der Waals surface area (Å²) in [4.78, 5) is 2.53. The van der Waals surface area contributed by atoms with Crippen LogP contribution in [0.4, 0.5) is 0 Å². The van der Waals surface area contributed by atoms with Crippen molar-refractivity contribution in [2.75, 3.05) is 32.8 Å². The highest BCUT2D eigenvalue weighted by molar-refractivity contribution is 5.14. The number of nitrogens with one attached hydrogen (secondary N) is 1. The molecule has 0 spiro atoms. The lowest BCUT2D eigenvalue weighted by atomic mass is 10.00. The second kappa shape index (κ2) is 5.83. The van der Waals surface area contributed by atoms with Crippen LogP contribution in [0.1, 0.15) is 12.0 Å². The molecule has 2 heterocycles. The molecule has 2 atom stereocenters. The Morgan fingerprint density at radius 2 is 2.17 bits per heavy atom. The number of rotatable bonds is 3. The molecule has 2 unspecified atom stereocenters. The van der Waals surface area contributed by atoms with E-state index < -0.39 is 0 Å². The Bertz CT molecular complexity index is 362. The second-order valence-electron chi connectivity index (χ2n) is 5.38. The van der Waals surface area contributed by atoms with Crippen LogP contribution in [0.3, 0.4) is 0 Å². The third kappa shape index (κ3) is 2.91. The van der Waals surface area contributed by atoms with Crippen molar-refractivity contribution in [3.05, 3.63) is 35.9 Å². The largest absolute Gasteiger partial charge is 0.375 e. The minimum absolute atomic E-state index is 0.428. The third-order valence-corrected chi connectivity index (χ3v) is 4.05. The summed E-state index contributed by atoms with van der Waals surface area (Å²) in [6.45, 7) is 6.37. The van der Waals surface area contributed by atoms with Gasteiger partial charge in [-0.15, -0.1) is 0 Å². The molecule has 98 valence electrons. The van der Waals surface area contributed by atoms with Gasteiger partial charge < -0.3 is 10.1 Å². The van der Waals surface area contributed by atoms with E-state index >= 15 is 0 Å². The van der Waals surface area contributed by atoms with Gasteiger partial charge in [0.1, 0.15) is 0 Å². The first-order valence-corrected chi connectivity index (χ1v) is 7.00. The van der Waals surface area contributed by atoms with Crippen LogP contribution in [0.15, 0.2) is 30.3 Å². The van der Waals surface area contributed by atoms with Gasteiger partial charge in [0.05, 0.1) is 12.7 Å². The fraction of sp³-hybridized carbons (Fsp3) is 0.600. The zero-order chi connectivity index (χ0) is 12.2. The molecule has 0 amide bonds. The summed E-state index contributed by atoms with van der Waals surface area (Å²) in [5, 5.41) is 3.44. The van der Waals surface area contributed by atoms with E-state index in [0.717, 1.165) is 39.3 Å². The molecular formula is C15H22N2O. The van der Waals surface area contributed by atoms with Crippen LogP contribution >= 0.6 is 0 Å². The lowest BCUT2D eigenvalue weighted by Gasteiger charge is -2.35. The lowest BCUT2D eigenvalue weighted by Crippen LogP contribution is -2.45. The Morgan fingerprint density at radius 3 is 2.94 bits per heavy atom. The van der Waals surface area contributed by atoms with E-state index in [9.17, 15) is 0 Å². The van der Waals surface area contributed by atoms with Crippen molar-refractivity contribution in [2.45, 2.75) is 19.1 Å². The number of nitrogens with zero attached hydrogens (tertiary/aromatic N) is 1. The van der Waals surface area contributed by atoms with E-state index in [4.69, 9.17) is 4.74 Å². The fourth-order valence-corrected chi connectivity index (χ4v) is 3.00. The normalized spacial score (nSPS) is 29.6. The highest BCUT2D eigenvalue weighted by atomic mass is 16.5. The molecule has 3 heteroatoms. The Balaban J connectivity index is 1.56. The van der Waals surface area contributed by atoms with Gasteiger partial charge in [-0.1, -0.05) is 30.3 Å². The van der Waals surface area contributed by atoms with Crippen LogP contribution in [0, 0.1) is 5.92 Å². The number of morpholine rings is 1. The molecule has 2 aliphatic heterocycles. The molecule has 0 radical (unpaired) electrons. The van der Waals surface area contributed by atoms with Gasteiger partial charge in [-0.3, -0.25) is 4.90 Å². The summed E-state index contributed by atoms with van der Waals surface area (Å²) in [5.74, 6) is 0.712. The first kappa shape index (κ1) is 12.2. The van der Waals surface area contributed by atoms with Crippen molar-refractivity contribution in [1.82, 2.24) is 10.2 Å². The first-order chi connectivity index (χ1) is 8.92. The summed E-state index contributed by atoms with van der Waals surface area (Å²) in [5.41, 5.74) is 1.41. The van der Waals surface area contributed by atoms with Crippen LogP contribution in [0.5, 0.6) is 0 Å². The summed E-state index contributed by atoms with van der Waals surface area (Å²) >= 11 is 0. The van der Waals surface area contributed by atoms with Gasteiger partial charge in [-0.2, -0.15) is 0 Å². The van der Waals surface area contributed by atoms with Gasteiger partial charge in [0.25, 0.3) is 0 Å². The van der Waals surface area contributed by atoms with Crippen molar-refractivity contribution in [2.24, 2.45) is 5.92 Å². The van der Waals surface area contributed by atoms with Crippen LogP contribution < -0.4 is 5.32 Å². The van der Waals surface area contributed by atoms with E-state index in [1.165, 1.54) is 12.0 Å². The molecule has 0 aromatic heterocycles. The highest BCUT2D eigenvalue weighted by Crippen LogP contribution is 2.20. The molecule has 1 aromatic carbocycles. The topological polar surface area (TPSA) is 24.5 Å². The van der Waals surface area contributed by atoms with Gasteiger partial charge in [0.15, 0.2) is 0 Å². The first-order valence-electron chi connectivity index (χ1n) is 7.00. The Kier molecular flexibility index (Phi) is 3.93. The molecule has 18 heavy (non-hydrogen) atoms. The maximum absolute atomic E-state index is 5.95. The summed E-state index contributed by atoms with van der Waals surface area (Å²) in [6.07, 6.45) is 1.70. The zero-order valence-electron chi connectivity index (χ0n) is 10.8. The summed E-state index contributed by atoms with van der Waals surface area (Å²) in [7, 11) is 0. The van der Waals surface area contributed by atoms with Gasteiger partial charge in [0.2, 0.25) is 0 Å². The average Bonchev–Trinajstić information content (AvgIpc) is 2.94. The van der Waals surface area contributed by atoms with Gasteiger partial charge in [0, 0.05) is 32.1 Å². The highest BCUT2D eigenvalue weighted by Gasteiger charge is 2.29. The third-order valence-electron chi connectivity index (χ3n) is 4.05. The molecule has 1 aromatic rings. The molecule has 3 rings (SSSR count). The van der Waals surface area contributed by atoms with E-state index in [-0.39, 0.29) is 0 Å². The summed E-state index contributed by atoms with van der Waals surface area (Å²) < 4.78 is 5.95. The smallest absolute Gasteiger partial charge is 0.0743 e. The molecule has 0 saturated carbocycles. The molecular weight excluding hydrogens is 224 g/mol. The average molecular weight is 246 g/mol. The number of hydrogen-bond acceptors (Lipinski definition) is 3. The number of hydrogen-bond donors (Lipinski definition) is 1. The predicted octanol–water partition coefficient (Wildman–Crippen LogP) is 1.50. The molecule has 1 N–H and O–H groups in total. The van der Waals surface area contributed by atoms with E-state index in [0.29, 0.717) is 12.0 Å². The molecule has 2 fully saturated rings. The minimum atomic E-state index is 0.428. The predicted molar refractivity (Wildman–Crippen MR) is 72.4 cm³/mol. The van der Waals surface area contributed by atoms with E-state index in [1.54, 1.807) is 0 Å². The molecule has 0 aliphatic carbocycles. The molecule has 0 bridgehead atoms. The Hall–Kier alpha value is -0.900. The van der Waals surface area contributed by atoms with Gasteiger partial charge in [-0.25, -0.2) is 0 Å². The van der Waals surface area contributed by atoms with Crippen LogP contribution in [-0.4, -0.2) is 43.8 Å². The molecule has 2 aliphatic rings. The van der Waals surface area contributed by atoms with Crippen molar-refractivity contribution in [1.29, 1.82) is 0 Å². The van der Waals surface area contributed by atoms with Gasteiger partial charge >= 0.3 is 0 Å². The van der Waals surface area contributed by atoms with Crippen molar-refractivity contribution in [3.63, 3.8) is 0 Å². The van der Waals surface area contributed by atoms with E-state index in [2.05, 4.69) is 40.5 Å². The van der Waals surface area contributed by atoms with Gasteiger partial charge in [-0.05, 0) is 18.5 Å². The molecule has 3 nitrogen and oxygen atoms in total. The quantitative estimate of drug-likeness (QED) is 0.874. The molecule has 2 saturated heterocycles. The van der Waals surface area contributed by atoms with Crippen LogP contribution in [0.25, 0.3) is 0 Å². The Labute approximate surface area is 109 Å². The maximum Gasteiger partial charge on any atom is 0.0743 e. The van der Waals surface area contributed by atoms with Crippen molar-refractivity contribution in [3.8, 4) is 0 Å². The SMILES string of the molecule is c1ccc(CN2CCOC(C3CCNC3)C2)cc1. The van der Waals surface area contributed by atoms with Crippen molar-refractivity contribution < 1.29 is 4.74 Å². The summed E-state index contributed by atoms with van der Waals surface area (Å²) in [6, 6.07) is 10.7. The monoisotopic (exact) mass is 246 g/mol. The zero-order valence-corrected chi connectivity index (χ0v) is 10.8.